The maximum absolute atomic E-state index is 9.88. The van der Waals surface area contributed by atoms with E-state index >= 15 is 0 Å². The zero-order chi connectivity index (χ0) is 15.0. The highest BCUT2D eigenvalue weighted by molar-refractivity contribution is 4.96. The number of aliphatic hydroxyl groups excluding tert-OH is 1. The number of nitrogens with one attached hydrogen (secondary N) is 1. The van der Waals surface area contributed by atoms with Crippen molar-refractivity contribution in [3.63, 3.8) is 0 Å². The van der Waals surface area contributed by atoms with Crippen molar-refractivity contribution in [1.29, 1.82) is 0 Å². The molecule has 120 valence electrons. The highest BCUT2D eigenvalue weighted by Crippen LogP contribution is 2.32. The van der Waals surface area contributed by atoms with Crippen molar-refractivity contribution < 1.29 is 9.84 Å². The first-order valence-electron chi connectivity index (χ1n) is 8.19. The number of hydrogen-bond acceptors (Lipinski definition) is 4. The maximum Gasteiger partial charge on any atom is 0.0613 e. The summed E-state index contributed by atoms with van der Waals surface area (Å²) in [6.07, 6.45) is 5.68. The van der Waals surface area contributed by atoms with E-state index in [0.717, 1.165) is 39.0 Å². The third-order valence-electron chi connectivity index (χ3n) is 4.56. The van der Waals surface area contributed by atoms with Crippen LogP contribution in [0.1, 0.15) is 52.9 Å². The second-order valence-electron chi connectivity index (χ2n) is 6.44. The van der Waals surface area contributed by atoms with Gasteiger partial charge in [-0.15, -0.1) is 0 Å². The van der Waals surface area contributed by atoms with Gasteiger partial charge in [-0.05, 0) is 52.5 Å². The van der Waals surface area contributed by atoms with Crippen molar-refractivity contribution in [3.8, 4) is 0 Å². The van der Waals surface area contributed by atoms with E-state index in [-0.39, 0.29) is 12.1 Å². The molecule has 4 heteroatoms. The Balaban J connectivity index is 2.68. The van der Waals surface area contributed by atoms with Gasteiger partial charge < -0.3 is 15.2 Å². The number of hydrogen-bond donors (Lipinski definition) is 2. The van der Waals surface area contributed by atoms with Crippen LogP contribution in [0.25, 0.3) is 0 Å². The maximum atomic E-state index is 9.88. The molecule has 0 spiro atoms. The standard InChI is InChI=1S/C16H34N2O2/c1-5-9-17-16(13-19)8-6-7-15(12-16)18(14(2)3)10-11-20-4/h14-15,17,19H,5-13H2,1-4H3. The van der Waals surface area contributed by atoms with Crippen molar-refractivity contribution in [2.24, 2.45) is 0 Å². The lowest BCUT2D eigenvalue weighted by atomic mass is 9.78. The number of rotatable bonds is 9. The molecule has 0 aromatic heterocycles. The van der Waals surface area contributed by atoms with E-state index in [1.807, 2.05) is 0 Å². The first-order chi connectivity index (χ1) is 9.58. The fourth-order valence-corrected chi connectivity index (χ4v) is 3.42. The van der Waals surface area contributed by atoms with Crippen molar-refractivity contribution in [1.82, 2.24) is 10.2 Å². The predicted octanol–water partition coefficient (Wildman–Crippen LogP) is 2.02. The van der Waals surface area contributed by atoms with Gasteiger partial charge in [0.2, 0.25) is 0 Å². The fraction of sp³-hybridized carbons (Fsp3) is 1.00. The lowest BCUT2D eigenvalue weighted by Crippen LogP contribution is -2.57. The van der Waals surface area contributed by atoms with E-state index in [1.54, 1.807) is 7.11 Å². The average molecular weight is 286 g/mol. The molecule has 0 bridgehead atoms. The number of aliphatic hydroxyl groups is 1. The molecule has 0 saturated heterocycles. The van der Waals surface area contributed by atoms with Crippen LogP contribution in [0, 0.1) is 0 Å². The molecule has 0 heterocycles. The second kappa shape index (κ2) is 8.98. The summed E-state index contributed by atoms with van der Waals surface area (Å²) in [6.45, 7) is 9.69. The Morgan fingerprint density at radius 2 is 2.20 bits per heavy atom. The van der Waals surface area contributed by atoms with Crippen LogP contribution in [0.15, 0.2) is 0 Å². The van der Waals surface area contributed by atoms with Crippen LogP contribution in [-0.2, 0) is 4.74 Å². The van der Waals surface area contributed by atoms with Gasteiger partial charge >= 0.3 is 0 Å². The van der Waals surface area contributed by atoms with E-state index in [9.17, 15) is 5.11 Å². The van der Waals surface area contributed by atoms with Crippen molar-refractivity contribution in [3.05, 3.63) is 0 Å². The van der Waals surface area contributed by atoms with Gasteiger partial charge in [0.1, 0.15) is 0 Å². The Morgan fingerprint density at radius 3 is 2.75 bits per heavy atom. The second-order valence-corrected chi connectivity index (χ2v) is 6.44. The van der Waals surface area contributed by atoms with Crippen LogP contribution in [0.3, 0.4) is 0 Å². The SMILES string of the molecule is CCCNC1(CO)CCCC(N(CCOC)C(C)C)C1. The Kier molecular flexibility index (Phi) is 8.03. The van der Waals surface area contributed by atoms with E-state index < -0.39 is 0 Å². The van der Waals surface area contributed by atoms with Gasteiger partial charge in [-0.2, -0.15) is 0 Å². The Hall–Kier alpha value is -0.160. The highest BCUT2D eigenvalue weighted by atomic mass is 16.5. The topological polar surface area (TPSA) is 44.7 Å². The van der Waals surface area contributed by atoms with E-state index in [2.05, 4.69) is 31.0 Å². The van der Waals surface area contributed by atoms with Crippen LogP contribution in [-0.4, -0.2) is 61.0 Å². The smallest absolute Gasteiger partial charge is 0.0613 e. The van der Waals surface area contributed by atoms with Gasteiger partial charge in [-0.25, -0.2) is 0 Å². The van der Waals surface area contributed by atoms with E-state index in [4.69, 9.17) is 4.74 Å². The summed E-state index contributed by atoms with van der Waals surface area (Å²) in [6, 6.07) is 1.08. The molecule has 1 fully saturated rings. The summed E-state index contributed by atoms with van der Waals surface area (Å²) in [4.78, 5) is 2.54. The van der Waals surface area contributed by atoms with Crippen molar-refractivity contribution in [2.75, 3.05) is 33.4 Å². The summed E-state index contributed by atoms with van der Waals surface area (Å²) < 4.78 is 5.25. The van der Waals surface area contributed by atoms with Gasteiger partial charge in [-0.3, -0.25) is 4.90 Å². The predicted molar refractivity (Wildman–Crippen MR) is 84.1 cm³/mol. The minimum atomic E-state index is -0.0703. The summed E-state index contributed by atoms with van der Waals surface area (Å²) >= 11 is 0. The quantitative estimate of drug-likeness (QED) is 0.681. The molecule has 0 aliphatic heterocycles. The van der Waals surface area contributed by atoms with Gasteiger partial charge in [0, 0.05) is 31.3 Å². The molecule has 2 N–H and O–H groups in total. The van der Waals surface area contributed by atoms with E-state index in [1.165, 1.54) is 12.8 Å². The monoisotopic (exact) mass is 286 g/mol. The number of ether oxygens (including phenoxy) is 1. The van der Waals surface area contributed by atoms with Gasteiger partial charge in [-0.1, -0.05) is 6.92 Å². The molecule has 1 aliphatic rings. The number of methoxy groups -OCH3 is 1. The highest BCUT2D eigenvalue weighted by Gasteiger charge is 2.37. The molecule has 2 unspecified atom stereocenters. The molecule has 0 amide bonds. The number of nitrogens with zero attached hydrogens (tertiary/aromatic N) is 1. The van der Waals surface area contributed by atoms with Crippen molar-refractivity contribution in [2.45, 2.75) is 70.5 Å². The molecule has 1 saturated carbocycles. The summed E-state index contributed by atoms with van der Waals surface area (Å²) in [5.41, 5.74) is -0.0703. The molecule has 0 aromatic rings. The lowest BCUT2D eigenvalue weighted by Gasteiger charge is -2.46. The Bertz CT molecular complexity index is 261. The first kappa shape index (κ1) is 17.9. The Morgan fingerprint density at radius 1 is 1.45 bits per heavy atom. The zero-order valence-corrected chi connectivity index (χ0v) is 13.8. The molecule has 4 nitrogen and oxygen atoms in total. The van der Waals surface area contributed by atoms with Gasteiger partial charge in [0.25, 0.3) is 0 Å². The zero-order valence-electron chi connectivity index (χ0n) is 13.8. The first-order valence-corrected chi connectivity index (χ1v) is 8.19. The lowest BCUT2D eigenvalue weighted by molar-refractivity contribution is 0.0312. The molecule has 0 radical (unpaired) electrons. The van der Waals surface area contributed by atoms with Gasteiger partial charge in [0.15, 0.2) is 0 Å². The molecule has 1 aliphatic carbocycles. The molecule has 1 rings (SSSR count). The van der Waals surface area contributed by atoms with Crippen molar-refractivity contribution >= 4 is 0 Å². The minimum Gasteiger partial charge on any atom is -0.394 e. The van der Waals surface area contributed by atoms with Crippen LogP contribution in [0.2, 0.25) is 0 Å². The summed E-state index contributed by atoms with van der Waals surface area (Å²) in [5, 5.41) is 13.5. The normalized spacial score (nSPS) is 27.4. The molecule has 2 atom stereocenters. The Labute approximate surface area is 124 Å². The summed E-state index contributed by atoms with van der Waals surface area (Å²) in [5.74, 6) is 0. The largest absolute Gasteiger partial charge is 0.394 e. The molecular formula is C16H34N2O2. The van der Waals surface area contributed by atoms with Crippen LogP contribution in [0.5, 0.6) is 0 Å². The average Bonchev–Trinajstić information content (AvgIpc) is 2.45. The van der Waals surface area contributed by atoms with E-state index in [0.29, 0.717) is 12.1 Å². The third kappa shape index (κ3) is 4.99. The fourth-order valence-electron chi connectivity index (χ4n) is 3.42. The van der Waals surface area contributed by atoms with Gasteiger partial charge in [0.05, 0.1) is 13.2 Å². The summed E-state index contributed by atoms with van der Waals surface area (Å²) in [7, 11) is 1.76. The third-order valence-corrected chi connectivity index (χ3v) is 4.56. The molecule has 20 heavy (non-hydrogen) atoms. The molecule has 0 aromatic carbocycles. The van der Waals surface area contributed by atoms with Crippen LogP contribution < -0.4 is 5.32 Å². The van der Waals surface area contributed by atoms with Crippen LogP contribution in [0.4, 0.5) is 0 Å². The van der Waals surface area contributed by atoms with Crippen LogP contribution >= 0.6 is 0 Å². The molecular weight excluding hydrogens is 252 g/mol. The minimum absolute atomic E-state index is 0.0703.